The average molecular weight is 254 g/mol. The summed E-state index contributed by atoms with van der Waals surface area (Å²) in [5.74, 6) is 0.579. The first kappa shape index (κ1) is 14.5. The molecule has 1 heterocycles. The fraction of sp³-hybridized carbons (Fsp3) is 0.667. The van der Waals surface area contributed by atoms with Crippen molar-refractivity contribution in [2.75, 3.05) is 26.7 Å². The van der Waals surface area contributed by atoms with E-state index in [4.69, 9.17) is 10.5 Å². The zero-order valence-corrected chi connectivity index (χ0v) is 11.1. The maximum absolute atomic E-state index is 11.7. The van der Waals surface area contributed by atoms with Gasteiger partial charge in [-0.15, -0.1) is 0 Å². The molecule has 0 saturated heterocycles. The molecule has 102 valence electrons. The zero-order chi connectivity index (χ0) is 13.4. The van der Waals surface area contributed by atoms with Crippen LogP contribution in [0.5, 0.6) is 5.75 Å². The molecule has 1 amide bonds. The van der Waals surface area contributed by atoms with E-state index < -0.39 is 0 Å². The van der Waals surface area contributed by atoms with Gasteiger partial charge in [0.15, 0.2) is 12.4 Å². The largest absolute Gasteiger partial charge is 0.480 e. The lowest BCUT2D eigenvalue weighted by atomic mass is 10.4. The second-order valence-corrected chi connectivity index (χ2v) is 4.19. The molecular weight excluding hydrogens is 232 g/mol. The summed E-state index contributed by atoms with van der Waals surface area (Å²) in [6, 6.07) is 0. The number of carbonyl (C=O) groups excluding carboxylic acids is 1. The predicted octanol–water partition coefficient (Wildman–Crippen LogP) is 0.479. The highest BCUT2D eigenvalue weighted by molar-refractivity contribution is 5.77. The van der Waals surface area contributed by atoms with E-state index in [9.17, 15) is 4.79 Å². The van der Waals surface area contributed by atoms with Crippen LogP contribution in [-0.2, 0) is 11.3 Å². The van der Waals surface area contributed by atoms with Crippen LogP contribution in [0.3, 0.4) is 0 Å². The third-order valence-electron chi connectivity index (χ3n) is 2.55. The normalized spacial score (nSPS) is 10.4. The van der Waals surface area contributed by atoms with Crippen LogP contribution in [0.25, 0.3) is 0 Å². The summed E-state index contributed by atoms with van der Waals surface area (Å²) < 4.78 is 7.19. The zero-order valence-electron chi connectivity index (χ0n) is 11.1. The van der Waals surface area contributed by atoms with E-state index in [1.165, 1.54) is 0 Å². The van der Waals surface area contributed by atoms with Gasteiger partial charge in [-0.3, -0.25) is 9.48 Å². The Morgan fingerprint density at radius 2 is 2.39 bits per heavy atom. The summed E-state index contributed by atoms with van der Waals surface area (Å²) in [6.45, 7) is 4.22. The van der Waals surface area contributed by atoms with Crippen molar-refractivity contribution >= 4 is 5.91 Å². The number of ether oxygens (including phenoxy) is 1. The van der Waals surface area contributed by atoms with Crippen molar-refractivity contribution in [2.45, 2.75) is 26.3 Å². The lowest BCUT2D eigenvalue weighted by molar-refractivity contribution is -0.132. The van der Waals surface area contributed by atoms with Crippen LogP contribution in [0.1, 0.15) is 19.8 Å². The number of nitrogens with zero attached hydrogens (tertiary/aromatic N) is 3. The van der Waals surface area contributed by atoms with Crippen LogP contribution < -0.4 is 10.5 Å². The summed E-state index contributed by atoms with van der Waals surface area (Å²) >= 11 is 0. The first-order valence-electron chi connectivity index (χ1n) is 6.26. The fourth-order valence-electron chi connectivity index (χ4n) is 1.48. The highest BCUT2D eigenvalue weighted by atomic mass is 16.5. The summed E-state index contributed by atoms with van der Waals surface area (Å²) in [4.78, 5) is 13.3. The van der Waals surface area contributed by atoms with Crippen molar-refractivity contribution in [3.63, 3.8) is 0 Å². The molecule has 0 saturated carbocycles. The van der Waals surface area contributed by atoms with Gasteiger partial charge < -0.3 is 15.4 Å². The van der Waals surface area contributed by atoms with Crippen LogP contribution in [-0.4, -0.2) is 47.3 Å². The molecule has 0 bridgehead atoms. The van der Waals surface area contributed by atoms with Crippen molar-refractivity contribution in [3.8, 4) is 5.75 Å². The number of nitrogens with two attached hydrogens (primary N) is 1. The predicted molar refractivity (Wildman–Crippen MR) is 69.3 cm³/mol. The van der Waals surface area contributed by atoms with Gasteiger partial charge in [-0.1, -0.05) is 6.92 Å². The first-order chi connectivity index (χ1) is 8.67. The highest BCUT2D eigenvalue weighted by Crippen LogP contribution is 2.08. The molecule has 18 heavy (non-hydrogen) atoms. The van der Waals surface area contributed by atoms with E-state index in [0.717, 1.165) is 19.4 Å². The number of hydrogen-bond acceptors (Lipinski definition) is 4. The lowest BCUT2D eigenvalue weighted by Gasteiger charge is -2.16. The maximum Gasteiger partial charge on any atom is 0.260 e. The molecule has 0 unspecified atom stereocenters. The fourth-order valence-corrected chi connectivity index (χ4v) is 1.48. The monoisotopic (exact) mass is 254 g/mol. The van der Waals surface area contributed by atoms with Crippen LogP contribution >= 0.6 is 0 Å². The first-order valence-corrected chi connectivity index (χ1v) is 6.26. The molecule has 6 heteroatoms. The molecule has 6 nitrogen and oxygen atoms in total. The number of hydrogen-bond donors (Lipinski definition) is 1. The van der Waals surface area contributed by atoms with Gasteiger partial charge in [0.1, 0.15) is 0 Å². The summed E-state index contributed by atoms with van der Waals surface area (Å²) in [5.41, 5.74) is 5.39. The number of aryl methyl sites for hydroxylation is 1. The van der Waals surface area contributed by atoms with Crippen LogP contribution in [0.2, 0.25) is 0 Å². The minimum Gasteiger partial charge on any atom is -0.480 e. The Hall–Kier alpha value is -1.56. The smallest absolute Gasteiger partial charge is 0.260 e. The van der Waals surface area contributed by atoms with Crippen LogP contribution in [0, 0.1) is 0 Å². The van der Waals surface area contributed by atoms with Crippen molar-refractivity contribution in [3.05, 3.63) is 12.4 Å². The van der Waals surface area contributed by atoms with E-state index in [2.05, 4.69) is 12.0 Å². The summed E-state index contributed by atoms with van der Waals surface area (Å²) in [5, 5.41) is 4.13. The van der Waals surface area contributed by atoms with Gasteiger partial charge in [-0.2, -0.15) is 5.10 Å². The van der Waals surface area contributed by atoms with E-state index in [-0.39, 0.29) is 12.5 Å². The Kier molecular flexibility index (Phi) is 6.21. The lowest BCUT2D eigenvalue weighted by Crippen LogP contribution is -2.33. The third-order valence-corrected chi connectivity index (χ3v) is 2.55. The van der Waals surface area contributed by atoms with Gasteiger partial charge >= 0.3 is 0 Å². The molecule has 0 spiro atoms. The molecule has 0 aliphatic carbocycles. The number of aromatic nitrogens is 2. The van der Waals surface area contributed by atoms with Crippen molar-refractivity contribution in [1.29, 1.82) is 0 Å². The summed E-state index contributed by atoms with van der Waals surface area (Å²) in [6.07, 6.45) is 5.25. The van der Waals surface area contributed by atoms with Gasteiger partial charge in [-0.05, 0) is 19.4 Å². The molecule has 0 aliphatic heterocycles. The standard InChI is InChI=1S/C12H22N4O2/c1-3-6-16-9-11(8-14-16)18-10-12(17)15(2)7-4-5-13/h8-9H,3-7,10,13H2,1-2H3. The van der Waals surface area contributed by atoms with Gasteiger partial charge in [0.2, 0.25) is 0 Å². The number of likely N-dealkylation sites (N-methyl/N-ethyl adjacent to an activating group) is 1. The van der Waals surface area contributed by atoms with E-state index in [1.54, 1.807) is 29.0 Å². The van der Waals surface area contributed by atoms with Crippen molar-refractivity contribution in [1.82, 2.24) is 14.7 Å². The van der Waals surface area contributed by atoms with Gasteiger partial charge in [0.05, 0.1) is 12.4 Å². The molecule has 2 N–H and O–H groups in total. The molecule has 0 atom stereocenters. The number of carbonyl (C=O) groups is 1. The molecule has 0 aliphatic rings. The van der Waals surface area contributed by atoms with Crippen LogP contribution in [0.15, 0.2) is 12.4 Å². The van der Waals surface area contributed by atoms with Crippen molar-refractivity contribution < 1.29 is 9.53 Å². The van der Waals surface area contributed by atoms with Crippen molar-refractivity contribution in [2.24, 2.45) is 5.73 Å². The van der Waals surface area contributed by atoms with Gasteiger partial charge in [-0.25, -0.2) is 0 Å². The second kappa shape index (κ2) is 7.71. The number of amides is 1. The van der Waals surface area contributed by atoms with Gasteiger partial charge in [0.25, 0.3) is 5.91 Å². The van der Waals surface area contributed by atoms with E-state index in [1.807, 2.05) is 0 Å². The minimum absolute atomic E-state index is 0.0406. The van der Waals surface area contributed by atoms with Gasteiger partial charge in [0, 0.05) is 20.1 Å². The van der Waals surface area contributed by atoms with E-state index >= 15 is 0 Å². The maximum atomic E-state index is 11.7. The SMILES string of the molecule is CCCn1cc(OCC(=O)N(C)CCCN)cn1. The average Bonchev–Trinajstić information content (AvgIpc) is 2.81. The Balaban J connectivity index is 2.32. The Bertz CT molecular complexity index is 365. The Morgan fingerprint density at radius 1 is 1.61 bits per heavy atom. The molecule has 1 aromatic heterocycles. The van der Waals surface area contributed by atoms with E-state index in [0.29, 0.717) is 18.8 Å². The molecule has 1 aromatic rings. The molecule has 0 fully saturated rings. The molecule has 0 aromatic carbocycles. The molecule has 1 rings (SSSR count). The van der Waals surface area contributed by atoms with Crippen LogP contribution in [0.4, 0.5) is 0 Å². The topological polar surface area (TPSA) is 73.4 Å². The second-order valence-electron chi connectivity index (χ2n) is 4.19. The number of rotatable bonds is 8. The Labute approximate surface area is 108 Å². The minimum atomic E-state index is -0.0494. The Morgan fingerprint density at radius 3 is 3.06 bits per heavy atom. The molecular formula is C12H22N4O2. The highest BCUT2D eigenvalue weighted by Gasteiger charge is 2.09. The summed E-state index contributed by atoms with van der Waals surface area (Å²) in [7, 11) is 1.75. The quantitative estimate of drug-likeness (QED) is 0.732. The third kappa shape index (κ3) is 4.75. The molecule has 0 radical (unpaired) electrons.